The number of rotatable bonds is 5. The molecule has 1 rings (SSSR count). The highest BCUT2D eigenvalue weighted by Crippen LogP contribution is 2.17. The Kier molecular flexibility index (Phi) is 7.14. The zero-order valence-corrected chi connectivity index (χ0v) is 13.0. The average Bonchev–Trinajstić information content (AvgIpc) is 2.44. The molecule has 120 valence electrons. The predicted molar refractivity (Wildman–Crippen MR) is 77.6 cm³/mol. The molecule has 0 bridgehead atoms. The van der Waals surface area contributed by atoms with Crippen LogP contribution in [0.1, 0.15) is 26.7 Å². The van der Waals surface area contributed by atoms with Crippen molar-refractivity contribution in [3.05, 3.63) is 0 Å². The second kappa shape index (κ2) is 8.61. The molecule has 0 aromatic heterocycles. The molecule has 0 aromatic rings. The van der Waals surface area contributed by atoms with Crippen LogP contribution in [0.4, 0.5) is 4.79 Å². The second-order valence-electron chi connectivity index (χ2n) is 5.75. The van der Waals surface area contributed by atoms with E-state index in [0.717, 1.165) is 19.4 Å². The van der Waals surface area contributed by atoms with Crippen LogP contribution in [0.5, 0.6) is 0 Å². The van der Waals surface area contributed by atoms with E-state index in [1.165, 1.54) is 7.11 Å². The molecular weight excluding hydrogens is 274 g/mol. The third-order valence-electron chi connectivity index (χ3n) is 3.33. The molecule has 0 unspecified atom stereocenters. The van der Waals surface area contributed by atoms with E-state index < -0.39 is 6.03 Å². The van der Waals surface area contributed by atoms with E-state index in [0.29, 0.717) is 19.0 Å². The molecule has 7 heteroatoms. The molecule has 1 saturated heterocycles. The van der Waals surface area contributed by atoms with Gasteiger partial charge in [0.2, 0.25) is 5.91 Å². The summed E-state index contributed by atoms with van der Waals surface area (Å²) in [6, 6.07) is -0.477. The Morgan fingerprint density at radius 3 is 2.67 bits per heavy atom. The number of hydrogen-bond donors (Lipinski definition) is 2. The summed E-state index contributed by atoms with van der Waals surface area (Å²) in [4.78, 5) is 36.6. The van der Waals surface area contributed by atoms with Gasteiger partial charge in [-0.1, -0.05) is 13.8 Å². The zero-order valence-electron chi connectivity index (χ0n) is 13.0. The first kappa shape index (κ1) is 17.4. The van der Waals surface area contributed by atoms with Crippen LogP contribution in [-0.2, 0) is 14.3 Å². The van der Waals surface area contributed by atoms with Crippen LogP contribution in [0.3, 0.4) is 0 Å². The van der Waals surface area contributed by atoms with E-state index in [1.807, 2.05) is 18.7 Å². The van der Waals surface area contributed by atoms with Gasteiger partial charge < -0.3 is 10.1 Å². The third kappa shape index (κ3) is 6.57. The van der Waals surface area contributed by atoms with Crippen molar-refractivity contribution in [2.24, 2.45) is 11.8 Å². The van der Waals surface area contributed by atoms with Crippen LogP contribution >= 0.6 is 0 Å². The first-order chi connectivity index (χ1) is 9.92. The number of esters is 1. The van der Waals surface area contributed by atoms with E-state index in [9.17, 15) is 14.4 Å². The van der Waals surface area contributed by atoms with Gasteiger partial charge in [-0.05, 0) is 25.3 Å². The fraction of sp³-hybridized carbons (Fsp3) is 0.786. The van der Waals surface area contributed by atoms with E-state index >= 15 is 0 Å². The number of amides is 3. The molecule has 1 heterocycles. The Bertz CT molecular complexity index is 384. The number of hydrogen-bond acceptors (Lipinski definition) is 5. The number of ether oxygens (including phenoxy) is 1. The second-order valence-corrected chi connectivity index (χ2v) is 5.75. The van der Waals surface area contributed by atoms with Crippen molar-refractivity contribution >= 4 is 17.9 Å². The molecule has 0 radical (unpaired) electrons. The van der Waals surface area contributed by atoms with Gasteiger partial charge >= 0.3 is 12.0 Å². The standard InChI is InChI=1S/C14H25N3O4/c1-10(2)7-15-14(20)16-12(18)9-17-6-4-5-11(8-17)13(19)21-3/h10-11H,4-9H2,1-3H3,(H2,15,16,18,20)/t11-/m0/s1. The lowest BCUT2D eigenvalue weighted by Gasteiger charge is -2.30. The number of imide groups is 1. The summed E-state index contributed by atoms with van der Waals surface area (Å²) in [6.07, 6.45) is 1.62. The molecule has 7 nitrogen and oxygen atoms in total. The Morgan fingerprint density at radius 2 is 2.05 bits per heavy atom. The summed E-state index contributed by atoms with van der Waals surface area (Å²) < 4.78 is 4.73. The highest BCUT2D eigenvalue weighted by Gasteiger charge is 2.27. The Morgan fingerprint density at radius 1 is 1.33 bits per heavy atom. The Labute approximate surface area is 125 Å². The van der Waals surface area contributed by atoms with Crippen molar-refractivity contribution in [2.75, 3.05) is 33.3 Å². The first-order valence-corrected chi connectivity index (χ1v) is 7.30. The molecule has 1 atom stereocenters. The first-order valence-electron chi connectivity index (χ1n) is 7.30. The van der Waals surface area contributed by atoms with E-state index in [-0.39, 0.29) is 24.3 Å². The maximum Gasteiger partial charge on any atom is 0.321 e. The normalized spacial score (nSPS) is 19.1. The quantitative estimate of drug-likeness (QED) is 0.715. The van der Waals surface area contributed by atoms with Crippen LogP contribution in [-0.4, -0.2) is 56.1 Å². The number of carbonyl (C=O) groups excluding carboxylic acids is 3. The highest BCUT2D eigenvalue weighted by molar-refractivity contribution is 5.95. The summed E-state index contributed by atoms with van der Waals surface area (Å²) in [6.45, 7) is 5.82. The maximum absolute atomic E-state index is 11.8. The molecule has 0 spiro atoms. The van der Waals surface area contributed by atoms with Crippen molar-refractivity contribution in [1.29, 1.82) is 0 Å². The maximum atomic E-state index is 11.8. The van der Waals surface area contributed by atoms with Crippen LogP contribution < -0.4 is 10.6 Å². The van der Waals surface area contributed by atoms with Gasteiger partial charge in [0.05, 0.1) is 19.6 Å². The number of nitrogens with one attached hydrogen (secondary N) is 2. The zero-order chi connectivity index (χ0) is 15.8. The molecule has 1 aliphatic rings. The Balaban J connectivity index is 2.33. The largest absolute Gasteiger partial charge is 0.469 e. The van der Waals surface area contributed by atoms with Gasteiger partial charge in [-0.15, -0.1) is 0 Å². The van der Waals surface area contributed by atoms with Crippen LogP contribution in [0, 0.1) is 11.8 Å². The Hall–Kier alpha value is -1.63. The lowest BCUT2D eigenvalue weighted by molar-refractivity contribution is -0.147. The molecule has 2 N–H and O–H groups in total. The van der Waals surface area contributed by atoms with Crippen molar-refractivity contribution in [3.8, 4) is 0 Å². The number of methoxy groups -OCH3 is 1. The lowest BCUT2D eigenvalue weighted by Crippen LogP contribution is -2.48. The number of carbonyl (C=O) groups is 3. The van der Waals surface area contributed by atoms with E-state index in [2.05, 4.69) is 10.6 Å². The van der Waals surface area contributed by atoms with Gasteiger partial charge in [0, 0.05) is 13.1 Å². The number of nitrogens with zero attached hydrogens (tertiary/aromatic N) is 1. The summed E-state index contributed by atoms with van der Waals surface area (Å²) in [5.41, 5.74) is 0. The molecule has 21 heavy (non-hydrogen) atoms. The van der Waals surface area contributed by atoms with Gasteiger partial charge in [0.15, 0.2) is 0 Å². The minimum Gasteiger partial charge on any atom is -0.469 e. The summed E-state index contributed by atoms with van der Waals surface area (Å²) in [5.74, 6) is -0.461. The molecular formula is C14H25N3O4. The van der Waals surface area contributed by atoms with Crippen molar-refractivity contribution in [1.82, 2.24) is 15.5 Å². The fourth-order valence-corrected chi connectivity index (χ4v) is 2.27. The molecule has 0 saturated carbocycles. The number of likely N-dealkylation sites (tertiary alicyclic amines) is 1. The van der Waals surface area contributed by atoms with E-state index in [1.54, 1.807) is 0 Å². The third-order valence-corrected chi connectivity index (χ3v) is 3.33. The van der Waals surface area contributed by atoms with Crippen molar-refractivity contribution < 1.29 is 19.1 Å². The SMILES string of the molecule is COC(=O)[C@H]1CCCN(CC(=O)NC(=O)NCC(C)C)C1. The topological polar surface area (TPSA) is 87.7 Å². The molecule has 1 aliphatic heterocycles. The summed E-state index contributed by atoms with van der Waals surface area (Å²) >= 11 is 0. The number of urea groups is 1. The minimum absolute atomic E-state index is 0.114. The lowest BCUT2D eigenvalue weighted by atomic mass is 9.98. The van der Waals surface area contributed by atoms with E-state index in [4.69, 9.17) is 4.74 Å². The van der Waals surface area contributed by atoms with Gasteiger partial charge in [0.25, 0.3) is 0 Å². The monoisotopic (exact) mass is 299 g/mol. The summed E-state index contributed by atoms with van der Waals surface area (Å²) in [7, 11) is 1.37. The smallest absolute Gasteiger partial charge is 0.321 e. The van der Waals surface area contributed by atoms with Crippen LogP contribution in [0.25, 0.3) is 0 Å². The van der Waals surface area contributed by atoms with Crippen LogP contribution in [0.15, 0.2) is 0 Å². The average molecular weight is 299 g/mol. The predicted octanol–water partition coefficient (Wildman–Crippen LogP) is 0.353. The molecule has 1 fully saturated rings. The molecule has 3 amide bonds. The van der Waals surface area contributed by atoms with Crippen molar-refractivity contribution in [2.45, 2.75) is 26.7 Å². The van der Waals surface area contributed by atoms with Gasteiger partial charge in [-0.2, -0.15) is 0 Å². The van der Waals surface area contributed by atoms with Gasteiger partial charge in [0.1, 0.15) is 0 Å². The van der Waals surface area contributed by atoms with Crippen LogP contribution in [0.2, 0.25) is 0 Å². The minimum atomic E-state index is -0.477. The number of piperidine rings is 1. The van der Waals surface area contributed by atoms with Gasteiger partial charge in [-0.3, -0.25) is 19.8 Å². The highest BCUT2D eigenvalue weighted by atomic mass is 16.5. The molecule has 0 aliphatic carbocycles. The summed E-state index contributed by atoms with van der Waals surface area (Å²) in [5, 5.41) is 4.92. The molecule has 0 aromatic carbocycles. The van der Waals surface area contributed by atoms with Gasteiger partial charge in [-0.25, -0.2) is 4.79 Å². The fourth-order valence-electron chi connectivity index (χ4n) is 2.27. The van der Waals surface area contributed by atoms with Crippen molar-refractivity contribution in [3.63, 3.8) is 0 Å².